The molecule has 31 heavy (non-hydrogen) atoms. The third kappa shape index (κ3) is 8.16. The number of hydrogen-bond donors (Lipinski definition) is 0. The van der Waals surface area contributed by atoms with E-state index in [1.807, 2.05) is 31.2 Å². The molecule has 0 spiro atoms. The van der Waals surface area contributed by atoms with Crippen molar-refractivity contribution in [2.24, 2.45) is 4.99 Å². The largest absolute Gasteiger partial charge is 0.433 e. The van der Waals surface area contributed by atoms with Gasteiger partial charge in [-0.25, -0.2) is 4.99 Å². The molecule has 0 bridgehead atoms. The molecule has 1 heterocycles. The Morgan fingerprint density at radius 1 is 1.13 bits per heavy atom. The molecule has 2 aromatic rings. The molecule has 1 aliphatic rings. The lowest BCUT2D eigenvalue weighted by Gasteiger charge is -2.23. The van der Waals surface area contributed by atoms with Gasteiger partial charge < -0.3 is 9.47 Å². The van der Waals surface area contributed by atoms with Crippen LogP contribution in [0.15, 0.2) is 75.5 Å². The molecule has 3 rings (SSSR count). The van der Waals surface area contributed by atoms with Crippen molar-refractivity contribution in [2.45, 2.75) is 50.0 Å². The summed E-state index contributed by atoms with van der Waals surface area (Å²) in [6.45, 7) is 2.91. The third-order valence-electron chi connectivity index (χ3n) is 4.65. The monoisotopic (exact) mass is 449 g/mol. The smallest absolute Gasteiger partial charge is 0.353 e. The fraction of sp³-hybridized carbons (Fsp3) is 0.375. The van der Waals surface area contributed by atoms with Gasteiger partial charge in [0.1, 0.15) is 5.71 Å². The number of allylic oxidation sites excluding steroid dienone is 1. The van der Waals surface area contributed by atoms with Gasteiger partial charge in [-0.2, -0.15) is 13.2 Å². The molecule has 0 aromatic heterocycles. The molecule has 2 aromatic carbocycles. The van der Waals surface area contributed by atoms with E-state index in [2.05, 4.69) is 4.99 Å². The van der Waals surface area contributed by atoms with Crippen molar-refractivity contribution in [3.63, 3.8) is 0 Å². The fourth-order valence-electron chi connectivity index (χ4n) is 3.02. The first-order valence-electron chi connectivity index (χ1n) is 10.3. The molecule has 1 saturated heterocycles. The number of halogens is 3. The average molecular weight is 450 g/mol. The summed E-state index contributed by atoms with van der Waals surface area (Å²) in [4.78, 5) is 5.26. The van der Waals surface area contributed by atoms with Crippen LogP contribution in [-0.2, 0) is 9.47 Å². The van der Waals surface area contributed by atoms with E-state index in [9.17, 15) is 13.2 Å². The zero-order valence-corrected chi connectivity index (χ0v) is 18.2. The maximum Gasteiger partial charge on any atom is 0.433 e. The SMILES string of the molecule is Cc1ccc(S/C(=C\C(=Nc2ccccc2)C(F)(F)F)CCOC2CCCCO2)cc1. The summed E-state index contributed by atoms with van der Waals surface area (Å²) >= 11 is 1.30. The number of benzene rings is 2. The maximum atomic E-state index is 13.7. The number of aliphatic imine (C=N–C) groups is 1. The molecule has 1 unspecified atom stereocenters. The Kier molecular flexibility index (Phi) is 8.75. The summed E-state index contributed by atoms with van der Waals surface area (Å²) in [5, 5.41) is 0. The van der Waals surface area contributed by atoms with Crippen molar-refractivity contribution >= 4 is 23.2 Å². The Morgan fingerprint density at radius 3 is 2.52 bits per heavy atom. The van der Waals surface area contributed by atoms with Gasteiger partial charge >= 0.3 is 6.18 Å². The second-order valence-corrected chi connectivity index (χ2v) is 8.47. The summed E-state index contributed by atoms with van der Waals surface area (Å²) in [6, 6.07) is 15.9. The van der Waals surface area contributed by atoms with Crippen LogP contribution in [0.25, 0.3) is 0 Å². The first kappa shape index (κ1) is 23.6. The fourth-order valence-corrected chi connectivity index (χ4v) is 3.95. The molecule has 1 atom stereocenters. The minimum Gasteiger partial charge on any atom is -0.353 e. The molecule has 0 N–H and O–H groups in total. The molecule has 0 amide bonds. The summed E-state index contributed by atoms with van der Waals surface area (Å²) in [5.74, 6) is 0. The third-order valence-corrected chi connectivity index (χ3v) is 5.75. The quantitative estimate of drug-likeness (QED) is 0.314. The Morgan fingerprint density at radius 2 is 1.87 bits per heavy atom. The van der Waals surface area contributed by atoms with Crippen LogP contribution >= 0.6 is 11.8 Å². The van der Waals surface area contributed by atoms with Gasteiger partial charge in [0.15, 0.2) is 6.29 Å². The molecule has 0 aliphatic carbocycles. The van der Waals surface area contributed by atoms with E-state index in [1.165, 1.54) is 11.8 Å². The Labute approximate surface area is 185 Å². The number of thioether (sulfide) groups is 1. The van der Waals surface area contributed by atoms with Crippen LogP contribution in [0, 0.1) is 6.92 Å². The van der Waals surface area contributed by atoms with Crippen molar-refractivity contribution in [3.8, 4) is 0 Å². The number of ether oxygens (including phenoxy) is 2. The van der Waals surface area contributed by atoms with Gasteiger partial charge in [-0.3, -0.25) is 0 Å². The van der Waals surface area contributed by atoms with Crippen LogP contribution < -0.4 is 0 Å². The molecule has 0 saturated carbocycles. The number of nitrogens with zero attached hydrogens (tertiary/aromatic N) is 1. The number of hydrogen-bond acceptors (Lipinski definition) is 4. The summed E-state index contributed by atoms with van der Waals surface area (Å²) in [6.07, 6.45) is -0.521. The summed E-state index contributed by atoms with van der Waals surface area (Å²) < 4.78 is 52.5. The Hall–Kier alpha value is -2.09. The molecular formula is C24H26F3NO2S. The van der Waals surface area contributed by atoms with E-state index in [4.69, 9.17) is 9.47 Å². The summed E-state index contributed by atoms with van der Waals surface area (Å²) in [5.41, 5.74) is 0.425. The first-order valence-corrected chi connectivity index (χ1v) is 11.1. The lowest BCUT2D eigenvalue weighted by atomic mass is 10.2. The average Bonchev–Trinajstić information content (AvgIpc) is 2.75. The second-order valence-electron chi connectivity index (χ2n) is 7.27. The highest BCUT2D eigenvalue weighted by Crippen LogP contribution is 2.32. The Balaban J connectivity index is 1.81. The van der Waals surface area contributed by atoms with Crippen LogP contribution in [0.4, 0.5) is 18.9 Å². The lowest BCUT2D eigenvalue weighted by molar-refractivity contribution is -0.161. The van der Waals surface area contributed by atoms with Gasteiger partial charge in [0.05, 0.1) is 12.3 Å². The normalized spacial score (nSPS) is 18.3. The second kappa shape index (κ2) is 11.5. The van der Waals surface area contributed by atoms with Gasteiger partial charge in [0.2, 0.25) is 0 Å². The minimum atomic E-state index is -4.57. The zero-order chi connectivity index (χ0) is 22.1. The van der Waals surface area contributed by atoms with Crippen molar-refractivity contribution in [1.29, 1.82) is 0 Å². The van der Waals surface area contributed by atoms with Crippen LogP contribution in [-0.4, -0.2) is 31.4 Å². The van der Waals surface area contributed by atoms with E-state index < -0.39 is 11.9 Å². The molecule has 0 radical (unpaired) electrons. The maximum absolute atomic E-state index is 13.7. The predicted molar refractivity (Wildman–Crippen MR) is 119 cm³/mol. The van der Waals surface area contributed by atoms with Gasteiger partial charge in [-0.15, -0.1) is 0 Å². The van der Waals surface area contributed by atoms with Crippen molar-refractivity contribution < 1.29 is 22.6 Å². The molecular weight excluding hydrogens is 423 g/mol. The number of rotatable bonds is 8. The molecule has 1 fully saturated rings. The van der Waals surface area contributed by atoms with Crippen LogP contribution in [0.5, 0.6) is 0 Å². The minimum absolute atomic E-state index is 0.262. The van der Waals surface area contributed by atoms with E-state index >= 15 is 0 Å². The van der Waals surface area contributed by atoms with E-state index in [0.29, 0.717) is 17.9 Å². The van der Waals surface area contributed by atoms with Crippen molar-refractivity contribution in [2.75, 3.05) is 13.2 Å². The Bertz CT molecular complexity index is 874. The highest BCUT2D eigenvalue weighted by atomic mass is 32.2. The molecule has 166 valence electrons. The van der Waals surface area contributed by atoms with Crippen LogP contribution in [0.3, 0.4) is 0 Å². The number of alkyl halides is 3. The van der Waals surface area contributed by atoms with Crippen molar-refractivity contribution in [1.82, 2.24) is 0 Å². The zero-order valence-electron chi connectivity index (χ0n) is 17.4. The highest BCUT2D eigenvalue weighted by Gasteiger charge is 2.34. The van der Waals surface area contributed by atoms with E-state index in [-0.39, 0.29) is 18.6 Å². The highest BCUT2D eigenvalue weighted by molar-refractivity contribution is 8.03. The predicted octanol–water partition coefficient (Wildman–Crippen LogP) is 7.24. The van der Waals surface area contributed by atoms with Crippen LogP contribution in [0.1, 0.15) is 31.2 Å². The standard InChI is InChI=1S/C24H26F3NO2S/c1-18-10-12-20(13-11-18)31-21(14-16-30-23-9-5-6-15-29-23)17-22(24(25,26)27)28-19-7-3-2-4-8-19/h2-4,7-8,10-13,17,23H,5-6,9,14-16H2,1H3/b21-17-,28-22?. The van der Waals surface area contributed by atoms with Crippen molar-refractivity contribution in [3.05, 3.63) is 71.1 Å². The number of aryl methyl sites for hydroxylation is 1. The van der Waals surface area contributed by atoms with Gasteiger partial charge in [-0.1, -0.05) is 47.7 Å². The van der Waals surface area contributed by atoms with Gasteiger partial charge in [-0.05, 0) is 61.4 Å². The molecule has 3 nitrogen and oxygen atoms in total. The van der Waals surface area contributed by atoms with E-state index in [0.717, 1.165) is 35.8 Å². The first-order chi connectivity index (χ1) is 14.9. The lowest BCUT2D eigenvalue weighted by Crippen LogP contribution is -2.23. The van der Waals surface area contributed by atoms with Gasteiger partial charge in [0, 0.05) is 17.9 Å². The summed E-state index contributed by atoms with van der Waals surface area (Å²) in [7, 11) is 0. The molecule has 1 aliphatic heterocycles. The van der Waals surface area contributed by atoms with Gasteiger partial charge in [0.25, 0.3) is 0 Å². The van der Waals surface area contributed by atoms with E-state index in [1.54, 1.807) is 30.3 Å². The topological polar surface area (TPSA) is 30.8 Å². The van der Waals surface area contributed by atoms with Crippen LogP contribution in [0.2, 0.25) is 0 Å². The number of para-hydroxylation sites is 1. The molecule has 7 heteroatoms.